The Hall–Kier alpha value is -5.75. The van der Waals surface area contributed by atoms with Gasteiger partial charge in [-0.1, -0.05) is 84.9 Å². The summed E-state index contributed by atoms with van der Waals surface area (Å²) in [6.07, 6.45) is 1.66. The molecule has 1 amide bonds. The lowest BCUT2D eigenvalue weighted by Gasteiger charge is -2.25. The lowest BCUT2D eigenvalue weighted by molar-refractivity contribution is 0.102. The monoisotopic (exact) mass is 576 g/mol. The van der Waals surface area contributed by atoms with E-state index in [1.807, 2.05) is 54.6 Å². The van der Waals surface area contributed by atoms with Crippen molar-refractivity contribution < 1.29 is 9.90 Å². The number of amides is 1. The van der Waals surface area contributed by atoms with Crippen molar-refractivity contribution in [1.82, 2.24) is 0 Å². The molecule has 0 aliphatic carbocycles. The minimum absolute atomic E-state index is 0.150. The van der Waals surface area contributed by atoms with Gasteiger partial charge in [-0.2, -0.15) is 10.2 Å². The van der Waals surface area contributed by atoms with Gasteiger partial charge in [-0.15, -0.1) is 0 Å². The first-order valence-corrected chi connectivity index (χ1v) is 14.5. The molecule has 44 heavy (non-hydrogen) atoms. The Morgan fingerprint density at radius 2 is 1.30 bits per heavy atom. The maximum atomic E-state index is 13.3. The molecular weight excluding hydrogens is 544 g/mol. The summed E-state index contributed by atoms with van der Waals surface area (Å²) in [5.74, 6) is -0.598. The highest BCUT2D eigenvalue weighted by Crippen LogP contribution is 2.39. The van der Waals surface area contributed by atoms with E-state index in [0.29, 0.717) is 5.69 Å². The van der Waals surface area contributed by atoms with Gasteiger partial charge in [0.1, 0.15) is 5.69 Å². The van der Waals surface area contributed by atoms with E-state index in [1.165, 1.54) is 12.6 Å². The Balaban J connectivity index is 1.16. The number of fused-ring (bicyclic) bond motifs is 1. The fraction of sp³-hybridized carbons (Fsp3) is 0.0789. The number of hydrogen-bond donors (Lipinski definition) is 2. The van der Waals surface area contributed by atoms with Crippen LogP contribution >= 0.6 is 0 Å². The molecule has 6 nitrogen and oxygen atoms in total. The number of benzene rings is 6. The van der Waals surface area contributed by atoms with Gasteiger partial charge in [-0.05, 0) is 84.0 Å². The molecule has 0 aliphatic rings. The van der Waals surface area contributed by atoms with Gasteiger partial charge in [-0.25, -0.2) is 0 Å². The fourth-order valence-electron chi connectivity index (χ4n) is 5.40. The van der Waals surface area contributed by atoms with Crippen molar-refractivity contribution in [3.63, 3.8) is 0 Å². The molecule has 0 bridgehead atoms. The van der Waals surface area contributed by atoms with Crippen molar-refractivity contribution >= 4 is 45.1 Å². The number of aromatic hydroxyl groups is 1. The first-order chi connectivity index (χ1) is 21.6. The largest absolute Gasteiger partial charge is 0.505 e. The number of phenols is 1. The zero-order valence-electron chi connectivity index (χ0n) is 24.4. The molecular formula is C38H32N4O2. The summed E-state index contributed by atoms with van der Waals surface area (Å²) in [6.45, 7) is 0. The second-order valence-corrected chi connectivity index (χ2v) is 10.5. The van der Waals surface area contributed by atoms with Gasteiger partial charge in [0.25, 0.3) is 5.91 Å². The Bertz CT molecular complexity index is 1880. The predicted molar refractivity (Wildman–Crippen MR) is 179 cm³/mol. The van der Waals surface area contributed by atoms with Crippen LogP contribution in [0.2, 0.25) is 0 Å². The Labute approximate surface area is 257 Å². The molecule has 2 N–H and O–H groups in total. The van der Waals surface area contributed by atoms with Crippen LogP contribution in [0.4, 0.5) is 28.4 Å². The van der Waals surface area contributed by atoms with Gasteiger partial charge in [0.15, 0.2) is 5.75 Å². The van der Waals surface area contributed by atoms with E-state index in [-0.39, 0.29) is 17.0 Å². The number of nitrogens with one attached hydrogen (secondary N) is 1. The van der Waals surface area contributed by atoms with Crippen molar-refractivity contribution in [2.45, 2.75) is 12.8 Å². The van der Waals surface area contributed by atoms with E-state index in [2.05, 4.69) is 99.3 Å². The summed E-state index contributed by atoms with van der Waals surface area (Å²) in [5.41, 5.74) is 6.73. The second kappa shape index (κ2) is 13.0. The smallest absolute Gasteiger partial charge is 0.259 e. The van der Waals surface area contributed by atoms with E-state index in [9.17, 15) is 9.90 Å². The fourth-order valence-corrected chi connectivity index (χ4v) is 5.40. The van der Waals surface area contributed by atoms with Crippen LogP contribution < -0.4 is 10.2 Å². The van der Waals surface area contributed by atoms with Crippen LogP contribution in [0.3, 0.4) is 0 Å². The van der Waals surface area contributed by atoms with Crippen LogP contribution in [0.1, 0.15) is 21.5 Å². The molecule has 0 aliphatic heterocycles. The molecule has 0 heterocycles. The number of carbonyl (C=O) groups excluding carboxylic acids is 1. The number of nitrogens with zero attached hydrogens (tertiary/aromatic N) is 3. The standard InChI is InChI=1S/C38H32N4O2/c1-39-41-36-34-18-9-8-12-29(34)26-35(37(36)43)38(44)40-30-13-10-11-28(25-30)20-19-27-21-23-33(24-22-27)42(31-14-4-2-5-15-31)32-16-6-3-7-17-32/h2-18,21-26,43H,19-20H2,1H3,(H,40,44). The molecule has 0 saturated carbocycles. The highest BCUT2D eigenvalue weighted by atomic mass is 16.3. The second-order valence-electron chi connectivity index (χ2n) is 10.5. The summed E-state index contributed by atoms with van der Waals surface area (Å²) < 4.78 is 0. The normalized spacial score (nSPS) is 11.1. The number of hydrogen-bond acceptors (Lipinski definition) is 5. The predicted octanol–water partition coefficient (Wildman–Crippen LogP) is 9.77. The van der Waals surface area contributed by atoms with Crippen LogP contribution in [0.15, 0.2) is 150 Å². The summed E-state index contributed by atoms with van der Waals surface area (Å²) in [4.78, 5) is 15.5. The molecule has 0 spiro atoms. The first kappa shape index (κ1) is 28.4. The average molecular weight is 577 g/mol. The molecule has 6 heteroatoms. The van der Waals surface area contributed by atoms with E-state index >= 15 is 0 Å². The van der Waals surface area contributed by atoms with Gasteiger partial charge >= 0.3 is 0 Å². The third-order valence-corrected chi connectivity index (χ3v) is 7.55. The van der Waals surface area contributed by atoms with Crippen LogP contribution in [0.5, 0.6) is 5.75 Å². The van der Waals surface area contributed by atoms with Crippen molar-refractivity contribution in [1.29, 1.82) is 0 Å². The van der Waals surface area contributed by atoms with Crippen molar-refractivity contribution in [3.05, 3.63) is 156 Å². The SMILES string of the molecule is CN=Nc1c(O)c(C(=O)Nc2cccc(CCc3ccc(N(c4ccccc4)c4ccccc4)cc3)c2)cc2ccccc12. The highest BCUT2D eigenvalue weighted by molar-refractivity contribution is 6.11. The van der Waals surface area contributed by atoms with Gasteiger partial charge in [-0.3, -0.25) is 4.79 Å². The molecule has 0 atom stereocenters. The number of anilines is 4. The number of rotatable bonds is 9. The summed E-state index contributed by atoms with van der Waals surface area (Å²) in [6, 6.07) is 46.4. The number of aryl methyl sites for hydroxylation is 2. The molecule has 0 fully saturated rings. The number of phenolic OH excluding ortho intramolecular Hbond substituents is 1. The molecule has 6 aromatic carbocycles. The first-order valence-electron chi connectivity index (χ1n) is 14.5. The maximum absolute atomic E-state index is 13.3. The van der Waals surface area contributed by atoms with Crippen molar-refractivity contribution in [3.8, 4) is 5.75 Å². The lowest BCUT2D eigenvalue weighted by atomic mass is 10.0. The zero-order valence-corrected chi connectivity index (χ0v) is 24.4. The van der Waals surface area contributed by atoms with Crippen molar-refractivity contribution in [2.24, 2.45) is 10.2 Å². The molecule has 216 valence electrons. The minimum Gasteiger partial charge on any atom is -0.505 e. The van der Waals surface area contributed by atoms with Gasteiger partial charge in [0, 0.05) is 35.2 Å². The summed E-state index contributed by atoms with van der Waals surface area (Å²) >= 11 is 0. The van der Waals surface area contributed by atoms with Crippen LogP contribution in [-0.2, 0) is 12.8 Å². The third-order valence-electron chi connectivity index (χ3n) is 7.55. The maximum Gasteiger partial charge on any atom is 0.259 e. The van der Waals surface area contributed by atoms with E-state index in [4.69, 9.17) is 0 Å². The minimum atomic E-state index is -0.407. The highest BCUT2D eigenvalue weighted by Gasteiger charge is 2.18. The van der Waals surface area contributed by atoms with Gasteiger partial charge in [0.05, 0.1) is 5.56 Å². The van der Waals surface area contributed by atoms with Crippen LogP contribution in [-0.4, -0.2) is 18.1 Å². The van der Waals surface area contributed by atoms with E-state index < -0.39 is 5.91 Å². The molecule has 0 unspecified atom stereocenters. The lowest BCUT2D eigenvalue weighted by Crippen LogP contribution is -2.12. The van der Waals surface area contributed by atoms with Crippen LogP contribution in [0, 0.1) is 0 Å². The van der Waals surface area contributed by atoms with E-state index in [0.717, 1.165) is 46.2 Å². The molecule has 0 aromatic heterocycles. The number of azo groups is 1. The topological polar surface area (TPSA) is 77.3 Å². The zero-order chi connectivity index (χ0) is 30.3. The number of para-hydroxylation sites is 2. The third kappa shape index (κ3) is 6.20. The van der Waals surface area contributed by atoms with Crippen molar-refractivity contribution in [2.75, 3.05) is 17.3 Å². The summed E-state index contributed by atoms with van der Waals surface area (Å²) in [5, 5.41) is 23.3. The number of carbonyl (C=O) groups is 1. The van der Waals surface area contributed by atoms with E-state index in [1.54, 1.807) is 6.07 Å². The molecule has 0 saturated heterocycles. The van der Waals surface area contributed by atoms with Gasteiger partial charge in [0.2, 0.25) is 0 Å². The molecule has 6 rings (SSSR count). The van der Waals surface area contributed by atoms with Crippen LogP contribution in [0.25, 0.3) is 10.8 Å². The van der Waals surface area contributed by atoms with Gasteiger partial charge < -0.3 is 15.3 Å². The Kier molecular flexibility index (Phi) is 8.41. The molecule has 0 radical (unpaired) electrons. The average Bonchev–Trinajstić information content (AvgIpc) is 3.07. The Morgan fingerprint density at radius 3 is 1.98 bits per heavy atom. The Morgan fingerprint density at radius 1 is 0.682 bits per heavy atom. The summed E-state index contributed by atoms with van der Waals surface area (Å²) in [7, 11) is 1.53. The molecule has 6 aromatic rings. The quantitative estimate of drug-likeness (QED) is 0.168.